The van der Waals surface area contributed by atoms with E-state index >= 15 is 0 Å². The highest BCUT2D eigenvalue weighted by Gasteiger charge is 2.36. The van der Waals surface area contributed by atoms with Crippen molar-refractivity contribution in [3.05, 3.63) is 143 Å². The summed E-state index contributed by atoms with van der Waals surface area (Å²) in [5.74, 6) is 0. The predicted molar refractivity (Wildman–Crippen MR) is 175 cm³/mol. The molecule has 0 fully saturated rings. The third kappa shape index (κ3) is 3.31. The molecule has 1 aliphatic rings. The third-order valence-electron chi connectivity index (χ3n) is 8.92. The Bertz CT molecular complexity index is 2090. The summed E-state index contributed by atoms with van der Waals surface area (Å²) >= 11 is 3.71. The summed E-state index contributed by atoms with van der Waals surface area (Å²) in [4.78, 5) is 0. The van der Waals surface area contributed by atoms with Crippen LogP contribution >= 0.6 is 15.9 Å². The lowest BCUT2D eigenvalue weighted by atomic mass is 9.80. The van der Waals surface area contributed by atoms with E-state index in [1.807, 2.05) is 0 Å². The van der Waals surface area contributed by atoms with Gasteiger partial charge in [-0.2, -0.15) is 0 Å². The van der Waals surface area contributed by atoms with Crippen LogP contribution in [0, 0.1) is 0 Å². The highest BCUT2D eigenvalue weighted by atomic mass is 79.9. The molecule has 0 bridgehead atoms. The van der Waals surface area contributed by atoms with E-state index in [9.17, 15) is 0 Å². The smallest absolute Gasteiger partial charge is 0.0178 e. The molecular formula is C39H27Br. The summed E-state index contributed by atoms with van der Waals surface area (Å²) in [6, 6.07) is 47.2. The van der Waals surface area contributed by atoms with E-state index in [0.29, 0.717) is 0 Å². The third-order valence-corrected chi connectivity index (χ3v) is 9.41. The minimum absolute atomic E-state index is 0.0705. The van der Waals surface area contributed by atoms with Crippen molar-refractivity contribution in [1.29, 1.82) is 0 Å². The quantitative estimate of drug-likeness (QED) is 0.180. The minimum Gasteiger partial charge on any atom is -0.0616 e. The average Bonchev–Trinajstić information content (AvgIpc) is 3.21. The summed E-state index contributed by atoms with van der Waals surface area (Å²) in [7, 11) is 0. The van der Waals surface area contributed by atoms with E-state index in [4.69, 9.17) is 0 Å². The van der Waals surface area contributed by atoms with Crippen molar-refractivity contribution in [3.8, 4) is 33.4 Å². The summed E-state index contributed by atoms with van der Waals surface area (Å²) in [6.45, 7) is 4.71. The minimum atomic E-state index is -0.0705. The van der Waals surface area contributed by atoms with Crippen LogP contribution in [0.3, 0.4) is 0 Å². The highest BCUT2D eigenvalue weighted by Crippen LogP contribution is 2.52. The van der Waals surface area contributed by atoms with E-state index in [2.05, 4.69) is 157 Å². The fourth-order valence-electron chi connectivity index (χ4n) is 7.04. The second-order valence-corrected chi connectivity index (χ2v) is 12.4. The predicted octanol–water partition coefficient (Wildman–Crippen LogP) is 11.5. The second kappa shape index (κ2) is 8.65. The number of hydrogen-bond donors (Lipinski definition) is 0. The molecule has 8 rings (SSSR count). The normalized spacial score (nSPS) is 13.6. The van der Waals surface area contributed by atoms with Crippen LogP contribution in [-0.4, -0.2) is 0 Å². The molecule has 7 aromatic carbocycles. The number of halogens is 1. The first kappa shape index (κ1) is 23.7. The van der Waals surface area contributed by atoms with Gasteiger partial charge in [0.2, 0.25) is 0 Å². The van der Waals surface area contributed by atoms with Crippen molar-refractivity contribution in [3.63, 3.8) is 0 Å². The number of hydrogen-bond acceptors (Lipinski definition) is 0. The van der Waals surface area contributed by atoms with Crippen LogP contribution < -0.4 is 0 Å². The highest BCUT2D eigenvalue weighted by molar-refractivity contribution is 9.10. The number of rotatable bonds is 2. The van der Waals surface area contributed by atoms with Crippen LogP contribution in [0.4, 0.5) is 0 Å². The fraction of sp³-hybridized carbons (Fsp3) is 0.0769. The van der Waals surface area contributed by atoms with Crippen molar-refractivity contribution < 1.29 is 0 Å². The zero-order valence-corrected chi connectivity index (χ0v) is 24.1. The van der Waals surface area contributed by atoms with Crippen LogP contribution in [-0.2, 0) is 5.41 Å². The van der Waals surface area contributed by atoms with Gasteiger partial charge in [-0.25, -0.2) is 0 Å². The van der Waals surface area contributed by atoms with E-state index < -0.39 is 0 Å². The van der Waals surface area contributed by atoms with Gasteiger partial charge in [-0.3, -0.25) is 0 Å². The molecule has 0 amide bonds. The lowest BCUT2D eigenvalue weighted by Gasteiger charge is -2.23. The van der Waals surface area contributed by atoms with Gasteiger partial charge < -0.3 is 0 Å². The summed E-state index contributed by atoms with van der Waals surface area (Å²) in [5.41, 5.74) is 10.6. The summed E-state index contributed by atoms with van der Waals surface area (Å²) in [6.07, 6.45) is 0. The maximum absolute atomic E-state index is 3.71. The van der Waals surface area contributed by atoms with Gasteiger partial charge in [0.05, 0.1) is 0 Å². The van der Waals surface area contributed by atoms with E-state index in [1.165, 1.54) is 76.8 Å². The van der Waals surface area contributed by atoms with Crippen LogP contribution in [0.1, 0.15) is 25.0 Å². The molecule has 190 valence electrons. The van der Waals surface area contributed by atoms with E-state index in [0.717, 1.165) is 4.47 Å². The zero-order chi connectivity index (χ0) is 27.0. The Morgan fingerprint density at radius 3 is 1.65 bits per heavy atom. The molecule has 7 aromatic rings. The molecule has 0 saturated carbocycles. The zero-order valence-electron chi connectivity index (χ0n) is 22.5. The monoisotopic (exact) mass is 574 g/mol. The van der Waals surface area contributed by atoms with Crippen molar-refractivity contribution in [2.75, 3.05) is 0 Å². The Kier molecular flexibility index (Phi) is 5.12. The Morgan fingerprint density at radius 2 is 0.975 bits per heavy atom. The molecule has 0 aromatic heterocycles. The topological polar surface area (TPSA) is 0 Å². The van der Waals surface area contributed by atoms with E-state index in [-0.39, 0.29) is 5.41 Å². The molecule has 40 heavy (non-hydrogen) atoms. The first-order valence-corrected chi connectivity index (χ1v) is 14.7. The van der Waals surface area contributed by atoms with Crippen LogP contribution in [0.15, 0.2) is 132 Å². The maximum atomic E-state index is 3.71. The Morgan fingerprint density at radius 1 is 0.450 bits per heavy atom. The fourth-order valence-corrected chi connectivity index (χ4v) is 7.40. The van der Waals surface area contributed by atoms with Gasteiger partial charge in [-0.05, 0) is 95.0 Å². The van der Waals surface area contributed by atoms with E-state index in [1.54, 1.807) is 0 Å². The largest absolute Gasteiger partial charge is 0.0616 e. The molecule has 0 aliphatic heterocycles. The molecule has 0 radical (unpaired) electrons. The maximum Gasteiger partial charge on any atom is 0.0178 e. The van der Waals surface area contributed by atoms with Crippen LogP contribution in [0.2, 0.25) is 0 Å². The van der Waals surface area contributed by atoms with Gasteiger partial charge in [0.15, 0.2) is 0 Å². The molecular weight excluding hydrogens is 548 g/mol. The number of fused-ring (bicyclic) bond motifs is 6. The van der Waals surface area contributed by atoms with Crippen molar-refractivity contribution in [2.24, 2.45) is 0 Å². The second-order valence-electron chi connectivity index (χ2n) is 11.4. The Hall–Kier alpha value is -4.20. The molecule has 1 heteroatoms. The number of benzene rings is 7. The summed E-state index contributed by atoms with van der Waals surface area (Å²) < 4.78 is 1.13. The van der Waals surface area contributed by atoms with Gasteiger partial charge in [0.1, 0.15) is 0 Å². The van der Waals surface area contributed by atoms with Gasteiger partial charge in [0.25, 0.3) is 0 Å². The molecule has 0 heterocycles. The standard InChI is InChI=1S/C39H27Br/c1-39(2)35-22-25(18-20-28(35)29-21-19-26(40)23-36(29)39)37-31-13-5-7-15-33(31)38(34-16-8-6-14-32(34)37)30-17-9-11-24-10-3-4-12-27(24)30/h3-23H,1-2H3. The Balaban J connectivity index is 1.46. The van der Waals surface area contributed by atoms with Gasteiger partial charge in [-0.15, -0.1) is 0 Å². The first-order valence-electron chi connectivity index (χ1n) is 13.9. The molecule has 1 aliphatic carbocycles. The summed E-state index contributed by atoms with van der Waals surface area (Å²) in [5, 5.41) is 7.72. The molecule has 0 spiro atoms. The van der Waals surface area contributed by atoms with Gasteiger partial charge >= 0.3 is 0 Å². The van der Waals surface area contributed by atoms with Crippen molar-refractivity contribution >= 4 is 48.2 Å². The lowest BCUT2D eigenvalue weighted by Crippen LogP contribution is -2.15. The molecule has 0 N–H and O–H groups in total. The van der Waals surface area contributed by atoms with Crippen LogP contribution in [0.5, 0.6) is 0 Å². The van der Waals surface area contributed by atoms with Gasteiger partial charge in [0, 0.05) is 9.89 Å². The van der Waals surface area contributed by atoms with Crippen molar-refractivity contribution in [1.82, 2.24) is 0 Å². The van der Waals surface area contributed by atoms with Crippen molar-refractivity contribution in [2.45, 2.75) is 19.3 Å². The Labute approximate surface area is 243 Å². The molecule has 0 unspecified atom stereocenters. The first-order chi connectivity index (χ1) is 19.5. The SMILES string of the molecule is CC1(C)c2cc(Br)ccc2-c2ccc(-c3c4ccccc4c(-c4cccc5ccccc45)c4ccccc34)cc21. The average molecular weight is 576 g/mol. The molecule has 0 nitrogen and oxygen atoms in total. The molecule has 0 saturated heterocycles. The van der Waals surface area contributed by atoms with Crippen LogP contribution in [0.25, 0.3) is 65.7 Å². The van der Waals surface area contributed by atoms with Gasteiger partial charge in [-0.1, -0.05) is 139 Å². The lowest BCUT2D eigenvalue weighted by molar-refractivity contribution is 0.660. The molecule has 0 atom stereocenters.